The van der Waals surface area contributed by atoms with Gasteiger partial charge < -0.3 is 14.2 Å². The Morgan fingerprint density at radius 2 is 1.81 bits per heavy atom. The van der Waals surface area contributed by atoms with Crippen LogP contribution in [-0.4, -0.2) is 61.4 Å². The molecule has 3 aromatic rings. The summed E-state index contributed by atoms with van der Waals surface area (Å²) in [4.78, 5) is 2.17. The molecule has 6 rings (SSSR count). The van der Waals surface area contributed by atoms with Crippen molar-refractivity contribution in [3.05, 3.63) is 58.9 Å². The van der Waals surface area contributed by atoms with Crippen LogP contribution in [0.3, 0.4) is 0 Å². The summed E-state index contributed by atoms with van der Waals surface area (Å²) in [5, 5.41) is 17.9. The van der Waals surface area contributed by atoms with Gasteiger partial charge in [-0.05, 0) is 45.2 Å². The summed E-state index contributed by atoms with van der Waals surface area (Å²) in [7, 11) is 2.04. The smallest absolute Gasteiger partial charge is 0.162 e. The molecule has 0 N–H and O–H groups in total. The maximum Gasteiger partial charge on any atom is 0.162 e. The number of alkyl halides is 1. The quantitative estimate of drug-likeness (QED) is 0.528. The third-order valence-corrected chi connectivity index (χ3v) is 8.42. The highest BCUT2D eigenvalue weighted by Gasteiger charge is 2.39. The zero-order valence-corrected chi connectivity index (χ0v) is 21.3. The summed E-state index contributed by atoms with van der Waals surface area (Å²) in [5.74, 6) is 2.42. The van der Waals surface area contributed by atoms with Crippen LogP contribution >= 0.6 is 0 Å². The average molecular weight is 494 g/mol. The molecule has 8 nitrogen and oxygen atoms in total. The Balaban J connectivity index is 1.11. The van der Waals surface area contributed by atoms with Crippen molar-refractivity contribution in [3.63, 3.8) is 0 Å². The molecule has 0 spiro atoms. The van der Waals surface area contributed by atoms with Crippen LogP contribution < -0.4 is 0 Å². The van der Waals surface area contributed by atoms with Gasteiger partial charge >= 0.3 is 0 Å². The molecule has 2 aromatic heterocycles. The first kappa shape index (κ1) is 23.7. The second kappa shape index (κ2) is 9.67. The minimum atomic E-state index is -1.35. The molecule has 1 unspecified atom stereocenters. The van der Waals surface area contributed by atoms with Crippen molar-refractivity contribution < 1.29 is 9.13 Å². The number of ether oxygens (including phenoxy) is 1. The third kappa shape index (κ3) is 4.59. The molecular formula is C27H36FN7O. The number of halogens is 1. The lowest BCUT2D eigenvalue weighted by Gasteiger charge is -2.33. The van der Waals surface area contributed by atoms with E-state index in [4.69, 9.17) is 4.74 Å². The van der Waals surface area contributed by atoms with Crippen molar-refractivity contribution in [1.82, 2.24) is 34.7 Å². The lowest BCUT2D eigenvalue weighted by molar-refractivity contribution is 0.0162. The maximum absolute atomic E-state index is 15.5. The van der Waals surface area contributed by atoms with Gasteiger partial charge in [0, 0.05) is 44.8 Å². The van der Waals surface area contributed by atoms with Gasteiger partial charge in [0.1, 0.15) is 17.6 Å². The molecule has 0 bridgehead atoms. The first-order valence-electron chi connectivity index (χ1n) is 13.4. The minimum Gasteiger partial charge on any atom is -0.368 e. The van der Waals surface area contributed by atoms with Crippen molar-refractivity contribution in [2.45, 2.75) is 82.1 Å². The van der Waals surface area contributed by atoms with E-state index in [1.807, 2.05) is 17.9 Å². The summed E-state index contributed by atoms with van der Waals surface area (Å²) in [5.41, 5.74) is 1.68. The van der Waals surface area contributed by atoms with Crippen molar-refractivity contribution in [2.24, 2.45) is 0 Å². The fourth-order valence-electron chi connectivity index (χ4n) is 6.15. The number of hydrogen-bond acceptors (Lipinski definition) is 6. The summed E-state index contributed by atoms with van der Waals surface area (Å²) < 4.78 is 25.8. The molecule has 0 amide bonds. The fraction of sp³-hybridized carbons (Fsp3) is 0.630. The second-order valence-electron chi connectivity index (χ2n) is 11.0. The van der Waals surface area contributed by atoms with E-state index >= 15 is 4.39 Å². The average Bonchev–Trinajstić information content (AvgIpc) is 3.55. The molecule has 1 saturated heterocycles. The first-order valence-corrected chi connectivity index (χ1v) is 13.4. The zero-order valence-electron chi connectivity index (χ0n) is 21.3. The largest absolute Gasteiger partial charge is 0.368 e. The van der Waals surface area contributed by atoms with Crippen molar-refractivity contribution in [1.29, 1.82) is 0 Å². The summed E-state index contributed by atoms with van der Waals surface area (Å²) >= 11 is 0. The van der Waals surface area contributed by atoms with Gasteiger partial charge in [-0.2, -0.15) is 0 Å². The number of hydrogen-bond donors (Lipinski definition) is 0. The number of aromatic nitrogens is 6. The van der Waals surface area contributed by atoms with Crippen LogP contribution in [0.1, 0.15) is 85.1 Å². The van der Waals surface area contributed by atoms with Gasteiger partial charge in [-0.15, -0.1) is 15.3 Å². The van der Waals surface area contributed by atoms with Gasteiger partial charge in [0.25, 0.3) is 0 Å². The Labute approximate surface area is 211 Å². The fourth-order valence-corrected chi connectivity index (χ4v) is 6.15. The lowest BCUT2D eigenvalue weighted by atomic mass is 9.85. The highest BCUT2D eigenvalue weighted by Crippen LogP contribution is 2.40. The molecule has 36 heavy (non-hydrogen) atoms. The standard InChI is InChI=1S/C27H36FN7O/c1-19-4-3-5-20(16-19)17-23-26-31-30-25(34(26)14-15-36-23)21-6-8-22(9-7-21)35-18-24(29-32-35)27(28)10-12-33(2)13-11-27/h3-5,16,18,21-23H,6-15,17H2,1-2H3/t21-,22-,23?. The van der Waals surface area contributed by atoms with Gasteiger partial charge in [0.05, 0.1) is 18.8 Å². The Kier molecular flexibility index (Phi) is 6.37. The van der Waals surface area contributed by atoms with Crippen LogP contribution in [0, 0.1) is 6.92 Å². The van der Waals surface area contributed by atoms with Crippen molar-refractivity contribution in [3.8, 4) is 0 Å². The van der Waals surface area contributed by atoms with Crippen LogP contribution in [0.2, 0.25) is 0 Å². The normalized spacial score (nSPS) is 26.6. The van der Waals surface area contributed by atoms with Gasteiger partial charge in [0.15, 0.2) is 11.5 Å². The minimum absolute atomic E-state index is 0.0562. The third-order valence-electron chi connectivity index (χ3n) is 8.42. The summed E-state index contributed by atoms with van der Waals surface area (Å²) in [6.07, 6.45) is 7.61. The van der Waals surface area contributed by atoms with Gasteiger partial charge in [-0.1, -0.05) is 35.0 Å². The molecule has 1 saturated carbocycles. The van der Waals surface area contributed by atoms with Gasteiger partial charge in [0.2, 0.25) is 0 Å². The molecule has 192 valence electrons. The van der Waals surface area contributed by atoms with Crippen molar-refractivity contribution in [2.75, 3.05) is 26.7 Å². The van der Waals surface area contributed by atoms with Gasteiger partial charge in [-0.25, -0.2) is 9.07 Å². The van der Waals surface area contributed by atoms with E-state index in [0.717, 1.165) is 63.4 Å². The number of rotatable bonds is 5. The molecule has 9 heteroatoms. The first-order chi connectivity index (χ1) is 17.5. The van der Waals surface area contributed by atoms with E-state index in [2.05, 4.69) is 61.2 Å². The number of nitrogens with zero attached hydrogens (tertiary/aromatic N) is 7. The van der Waals surface area contributed by atoms with Crippen molar-refractivity contribution >= 4 is 0 Å². The van der Waals surface area contributed by atoms with E-state index in [0.29, 0.717) is 31.1 Å². The monoisotopic (exact) mass is 493 g/mol. The van der Waals surface area contributed by atoms with Crippen LogP contribution in [0.4, 0.5) is 4.39 Å². The van der Waals surface area contributed by atoms with E-state index in [9.17, 15) is 0 Å². The lowest BCUT2D eigenvalue weighted by Crippen LogP contribution is -2.38. The molecule has 4 heterocycles. The highest BCUT2D eigenvalue weighted by atomic mass is 19.1. The predicted molar refractivity (Wildman–Crippen MR) is 133 cm³/mol. The highest BCUT2D eigenvalue weighted by molar-refractivity contribution is 5.24. The topological polar surface area (TPSA) is 73.9 Å². The van der Waals surface area contributed by atoms with Crippen LogP contribution in [0.5, 0.6) is 0 Å². The molecule has 1 atom stereocenters. The Bertz CT molecular complexity index is 1190. The number of piperidine rings is 1. The Morgan fingerprint density at radius 1 is 1.03 bits per heavy atom. The molecule has 3 aliphatic rings. The molecular weight excluding hydrogens is 457 g/mol. The van der Waals surface area contributed by atoms with Crippen LogP contribution in [0.25, 0.3) is 0 Å². The van der Waals surface area contributed by atoms with E-state index in [1.54, 1.807) is 0 Å². The maximum atomic E-state index is 15.5. The van der Waals surface area contributed by atoms with Crippen LogP contribution in [-0.2, 0) is 23.4 Å². The van der Waals surface area contributed by atoms with E-state index in [1.165, 1.54) is 11.1 Å². The Morgan fingerprint density at radius 3 is 2.58 bits per heavy atom. The number of fused-ring (bicyclic) bond motifs is 1. The van der Waals surface area contributed by atoms with E-state index < -0.39 is 5.67 Å². The molecule has 1 aromatic carbocycles. The predicted octanol–water partition coefficient (Wildman–Crippen LogP) is 4.28. The SMILES string of the molecule is Cc1cccc(CC2OCCn3c2nnc3[C@H]2CC[C@H](n3cc(C4(F)CCN(C)CC4)nn3)CC2)c1. The molecule has 2 aliphatic heterocycles. The van der Waals surface area contributed by atoms with E-state index in [-0.39, 0.29) is 12.1 Å². The molecule has 2 fully saturated rings. The zero-order chi connectivity index (χ0) is 24.7. The summed E-state index contributed by atoms with van der Waals surface area (Å²) in [6, 6.07) is 8.85. The molecule has 1 aliphatic carbocycles. The second-order valence-corrected chi connectivity index (χ2v) is 11.0. The molecule has 0 radical (unpaired) electrons. The number of aryl methyl sites for hydroxylation is 1. The van der Waals surface area contributed by atoms with Crippen LogP contribution in [0.15, 0.2) is 30.5 Å². The van der Waals surface area contributed by atoms with Gasteiger partial charge in [-0.3, -0.25) is 0 Å². The number of benzene rings is 1. The Hall–Kier alpha value is -2.65. The number of likely N-dealkylation sites (tertiary alicyclic amines) is 1. The summed E-state index contributed by atoms with van der Waals surface area (Å²) in [6.45, 7) is 5.13.